The van der Waals surface area contributed by atoms with Gasteiger partial charge in [0.05, 0.1) is 81.5 Å². The van der Waals surface area contributed by atoms with Crippen molar-refractivity contribution in [3.8, 4) is 0 Å². The van der Waals surface area contributed by atoms with Gasteiger partial charge in [-0.15, -0.1) is 5.06 Å². The quantitative estimate of drug-likeness (QED) is 0.0369. The van der Waals surface area contributed by atoms with Crippen LogP contribution in [-0.2, 0) is 89.5 Å². The smallest absolute Gasteiger partial charge is 0.335 e. The van der Waals surface area contributed by atoms with Crippen molar-refractivity contribution in [1.82, 2.24) is 5.06 Å². The number of benzene rings is 2. The van der Waals surface area contributed by atoms with Crippen LogP contribution in [0.25, 0.3) is 0 Å². The molecule has 2 amide bonds. The molecule has 2 aromatic rings. The Morgan fingerprint density at radius 1 is 0.694 bits per heavy atom. The maximum absolute atomic E-state index is 12.2. The molecular weight excluding hydrogens is 1030 g/mol. The van der Waals surface area contributed by atoms with Gasteiger partial charge in [0.15, 0.2) is 12.3 Å². The molecule has 0 N–H and O–H groups in total. The summed E-state index contributed by atoms with van der Waals surface area (Å²) in [5.74, 6) is -3.42. The van der Waals surface area contributed by atoms with E-state index >= 15 is 0 Å². The predicted octanol–water partition coefficient (Wildman–Crippen LogP) is 1.97. The van der Waals surface area contributed by atoms with Crippen molar-refractivity contribution in [2.75, 3.05) is 82.9 Å². The van der Waals surface area contributed by atoms with Gasteiger partial charge in [-0.25, -0.2) is 38.5 Å². The summed E-state index contributed by atoms with van der Waals surface area (Å²) in [4.78, 5) is 40.8. The summed E-state index contributed by atoms with van der Waals surface area (Å²) < 4.78 is 167. The number of amides is 2. The number of fused-ring (bicyclic) bond motifs is 2. The van der Waals surface area contributed by atoms with E-state index < -0.39 is 90.4 Å². The van der Waals surface area contributed by atoms with Crippen molar-refractivity contribution < 1.29 is 94.6 Å². The molecule has 398 valence electrons. The Morgan fingerprint density at radius 3 is 1.81 bits per heavy atom. The number of imide groups is 1. The molecule has 0 bridgehead atoms. The van der Waals surface area contributed by atoms with Gasteiger partial charge >= 0.3 is 5.97 Å². The number of ether oxygens (including phenoxy) is 4. The van der Waals surface area contributed by atoms with Gasteiger partial charge in [-0.3, -0.25) is 9.59 Å². The van der Waals surface area contributed by atoms with Crippen LogP contribution < -0.4 is 4.90 Å². The molecule has 72 heavy (non-hydrogen) atoms. The van der Waals surface area contributed by atoms with Crippen LogP contribution in [0.3, 0.4) is 0 Å². The Balaban J connectivity index is 1.37. The second kappa shape index (κ2) is 24.5. The SMILES string of the molecule is COCCN1C(=CC=CC=CC2=[N+](CCOCCOCCOCCC(=O)ON3C(=O)CCC3=O)c3ccc(S(=O)(=O)[O-])cc3C2(C)CCCS(=O)(=O)[O-])C(C)(CCCS(=O)(=O)[O-])c2cc(S(=O)(=O)[O-])ccc21. The van der Waals surface area contributed by atoms with Crippen molar-refractivity contribution in [2.24, 2.45) is 0 Å². The van der Waals surface area contributed by atoms with E-state index in [0.717, 1.165) is 6.07 Å². The fourth-order valence-electron chi connectivity index (χ4n) is 8.79. The van der Waals surface area contributed by atoms with Crippen LogP contribution >= 0.6 is 0 Å². The molecule has 27 heteroatoms. The maximum Gasteiger partial charge on any atom is 0.335 e. The number of methoxy groups -OCH3 is 1. The van der Waals surface area contributed by atoms with E-state index in [1.54, 1.807) is 44.2 Å². The van der Waals surface area contributed by atoms with Gasteiger partial charge in [-0.1, -0.05) is 18.2 Å². The average Bonchev–Trinajstić information content (AvgIpc) is 3.81. The lowest BCUT2D eigenvalue weighted by Crippen LogP contribution is -2.32. The predicted molar refractivity (Wildman–Crippen MR) is 251 cm³/mol. The summed E-state index contributed by atoms with van der Waals surface area (Å²) in [6.07, 6.45) is 7.89. The molecule has 3 aliphatic heterocycles. The molecule has 1 saturated heterocycles. The fourth-order valence-corrected chi connectivity index (χ4v) is 10.8. The monoisotopic (exact) mass is 1090 g/mol. The van der Waals surface area contributed by atoms with E-state index in [-0.39, 0.29) is 104 Å². The lowest BCUT2D eigenvalue weighted by atomic mass is 9.76. The Bertz CT molecular complexity index is 2920. The number of carbonyl (C=O) groups excluding carboxylic acids is 3. The first-order chi connectivity index (χ1) is 33.7. The molecule has 23 nitrogen and oxygen atoms in total. The Morgan fingerprint density at radius 2 is 1.24 bits per heavy atom. The fraction of sp³-hybridized carbons (Fsp3) is 0.511. The molecule has 1 fully saturated rings. The van der Waals surface area contributed by atoms with Gasteiger partial charge in [-0.05, 0) is 81.5 Å². The molecular formula is C45H56N3O20S4-3. The van der Waals surface area contributed by atoms with Crippen molar-refractivity contribution in [3.63, 3.8) is 0 Å². The standard InChI is InChI=1S/C45H59N3O20S4/c1-44(18-7-29-69(52,53)54)35-31-33(71(58,59)60)11-13-37(35)46(20-23-64-3)39(44)9-5-4-6-10-40-45(2,19-8-30-70(55,56)57)36-32-34(72(61,62)63)12-14-38(36)47(40)21-24-66-26-28-67-27-25-65-22-17-43(51)68-48-41(49)15-16-42(48)50/h4-6,9-14,31-32H,7-8,15-30H2,1-3H3,(H3-,52,53,54,55,56,57,58,59,60,61,62,63)/p-3. The second-order valence-electron chi connectivity index (χ2n) is 17.3. The van der Waals surface area contributed by atoms with Crippen LogP contribution in [0.5, 0.6) is 0 Å². The topological polar surface area (TPSA) is 336 Å². The molecule has 0 radical (unpaired) electrons. The number of rotatable bonds is 29. The van der Waals surface area contributed by atoms with Gasteiger partial charge in [0.25, 0.3) is 11.8 Å². The van der Waals surface area contributed by atoms with Crippen LogP contribution in [0.4, 0.5) is 11.4 Å². The molecule has 0 saturated carbocycles. The summed E-state index contributed by atoms with van der Waals surface area (Å²) in [5.41, 5.74) is 0.583. The minimum absolute atomic E-state index is 0.0226. The zero-order chi connectivity index (χ0) is 53.1. The first-order valence-electron chi connectivity index (χ1n) is 22.5. The average molecular weight is 1090 g/mol. The lowest BCUT2D eigenvalue weighted by molar-refractivity contribution is -0.442. The van der Waals surface area contributed by atoms with Crippen LogP contribution in [0.15, 0.2) is 82.3 Å². The summed E-state index contributed by atoms with van der Waals surface area (Å²) >= 11 is 0. The summed E-state index contributed by atoms with van der Waals surface area (Å²) in [7, 11) is -17.7. The van der Waals surface area contributed by atoms with Crippen molar-refractivity contribution in [2.45, 2.75) is 79.4 Å². The van der Waals surface area contributed by atoms with E-state index in [2.05, 4.69) is 0 Å². The number of allylic oxidation sites excluding steroid dienone is 6. The minimum Gasteiger partial charge on any atom is -0.748 e. The van der Waals surface area contributed by atoms with Crippen LogP contribution in [0.1, 0.15) is 69.9 Å². The molecule has 5 rings (SSSR count). The van der Waals surface area contributed by atoms with E-state index in [1.807, 2.05) is 9.48 Å². The van der Waals surface area contributed by atoms with E-state index in [0.29, 0.717) is 39.0 Å². The summed E-state index contributed by atoms with van der Waals surface area (Å²) in [5, 5.41) is 0.451. The molecule has 3 heterocycles. The highest BCUT2D eigenvalue weighted by Gasteiger charge is 2.48. The van der Waals surface area contributed by atoms with Gasteiger partial charge < -0.3 is 46.9 Å². The zero-order valence-electron chi connectivity index (χ0n) is 39.7. The summed E-state index contributed by atoms with van der Waals surface area (Å²) in [6.45, 7) is 4.57. The second-order valence-corrected chi connectivity index (χ2v) is 23.1. The molecule has 2 unspecified atom stereocenters. The highest BCUT2D eigenvalue weighted by molar-refractivity contribution is 7.86. The first kappa shape index (κ1) is 58.1. The number of hydroxylamine groups is 2. The van der Waals surface area contributed by atoms with Crippen LogP contribution in [0, 0.1) is 0 Å². The molecule has 0 spiro atoms. The highest BCUT2D eigenvalue weighted by Crippen LogP contribution is 2.51. The molecule has 3 aliphatic rings. The highest BCUT2D eigenvalue weighted by atomic mass is 32.2. The van der Waals surface area contributed by atoms with Crippen molar-refractivity contribution in [3.05, 3.63) is 83.6 Å². The molecule has 0 aromatic heterocycles. The molecule has 0 aliphatic carbocycles. The Kier molecular flexibility index (Phi) is 19.8. The largest absolute Gasteiger partial charge is 0.748 e. The van der Waals surface area contributed by atoms with Crippen LogP contribution in [0.2, 0.25) is 0 Å². The van der Waals surface area contributed by atoms with E-state index in [4.69, 9.17) is 23.8 Å². The number of nitrogens with zero attached hydrogens (tertiary/aromatic N) is 3. The van der Waals surface area contributed by atoms with Gasteiger partial charge in [0.1, 0.15) is 26.8 Å². The number of hydrogen-bond acceptors (Lipinski definition) is 21. The summed E-state index contributed by atoms with van der Waals surface area (Å²) in [6, 6.07) is 7.71. The van der Waals surface area contributed by atoms with E-state index in [1.165, 1.54) is 37.4 Å². The Hall–Kier alpha value is -4.78. The molecule has 2 aromatic carbocycles. The van der Waals surface area contributed by atoms with Crippen molar-refractivity contribution in [1.29, 1.82) is 0 Å². The number of anilines is 1. The molecule has 2 atom stereocenters. The number of hydrogen-bond donors (Lipinski definition) is 0. The van der Waals surface area contributed by atoms with Crippen molar-refractivity contribution >= 4 is 75.3 Å². The normalized spacial score (nSPS) is 20.2. The third kappa shape index (κ3) is 15.4. The zero-order valence-corrected chi connectivity index (χ0v) is 43.0. The third-order valence-corrected chi connectivity index (χ3v) is 15.5. The van der Waals surface area contributed by atoms with Crippen LogP contribution in [-0.4, -0.2) is 163 Å². The minimum atomic E-state index is -4.95. The Labute approximate surface area is 419 Å². The third-order valence-electron chi connectivity index (χ3n) is 12.2. The maximum atomic E-state index is 12.2. The number of carbonyl (C=O) groups is 3. The van der Waals surface area contributed by atoms with E-state index in [9.17, 15) is 66.3 Å². The van der Waals surface area contributed by atoms with Gasteiger partial charge in [0.2, 0.25) is 5.69 Å². The van der Waals surface area contributed by atoms with Gasteiger partial charge in [0, 0.05) is 72.5 Å². The lowest BCUT2D eigenvalue weighted by Gasteiger charge is -2.30. The van der Waals surface area contributed by atoms with Gasteiger partial charge in [-0.2, -0.15) is 4.58 Å². The first-order valence-corrected chi connectivity index (χ1v) is 28.5.